The number of hydrogen-bond donors (Lipinski definition) is 1. The zero-order valence-electron chi connectivity index (χ0n) is 12.3. The van der Waals surface area contributed by atoms with Crippen LogP contribution in [0.4, 0.5) is 4.79 Å². The van der Waals surface area contributed by atoms with Crippen molar-refractivity contribution in [3.63, 3.8) is 0 Å². The van der Waals surface area contributed by atoms with Crippen molar-refractivity contribution in [3.8, 4) is 0 Å². The summed E-state index contributed by atoms with van der Waals surface area (Å²) in [6.07, 6.45) is 3.47. The standard InChI is InChI=1S/C16H18N2O4/c19-14(18-7-6-17-16(18)21)10-22-15(20)9-11-4-5-12-2-1-3-13(12)8-11/h4-5,8H,1-3,6-7,9-10H2,(H,17,21). The maximum Gasteiger partial charge on any atom is 0.324 e. The van der Waals surface area contributed by atoms with Gasteiger partial charge in [-0.1, -0.05) is 18.2 Å². The van der Waals surface area contributed by atoms with Gasteiger partial charge in [0.15, 0.2) is 6.61 Å². The van der Waals surface area contributed by atoms with Crippen LogP contribution < -0.4 is 5.32 Å². The molecule has 22 heavy (non-hydrogen) atoms. The van der Waals surface area contributed by atoms with E-state index in [1.807, 2.05) is 12.1 Å². The first-order valence-electron chi connectivity index (χ1n) is 7.48. The number of nitrogens with one attached hydrogen (secondary N) is 1. The number of imide groups is 1. The first-order valence-corrected chi connectivity index (χ1v) is 7.48. The molecule has 1 aromatic carbocycles. The average Bonchev–Trinajstić information content (AvgIpc) is 3.12. The number of urea groups is 1. The van der Waals surface area contributed by atoms with E-state index in [9.17, 15) is 14.4 Å². The monoisotopic (exact) mass is 302 g/mol. The first kappa shape index (κ1) is 14.6. The van der Waals surface area contributed by atoms with Crippen LogP contribution in [0, 0.1) is 0 Å². The number of nitrogens with zero attached hydrogens (tertiary/aromatic N) is 1. The summed E-state index contributed by atoms with van der Waals surface area (Å²) in [6, 6.07) is 5.60. The summed E-state index contributed by atoms with van der Waals surface area (Å²) in [5, 5.41) is 2.53. The normalized spacial score (nSPS) is 16.4. The number of benzene rings is 1. The van der Waals surface area contributed by atoms with Crippen LogP contribution in [-0.4, -0.2) is 42.5 Å². The number of ether oxygens (including phenoxy) is 1. The molecule has 0 atom stereocenters. The molecule has 1 aliphatic carbocycles. The molecule has 6 nitrogen and oxygen atoms in total. The Balaban J connectivity index is 1.50. The molecule has 0 saturated carbocycles. The third kappa shape index (κ3) is 3.10. The van der Waals surface area contributed by atoms with Crippen molar-refractivity contribution in [2.75, 3.05) is 19.7 Å². The summed E-state index contributed by atoms with van der Waals surface area (Å²) in [4.78, 5) is 35.9. The number of hydrogen-bond acceptors (Lipinski definition) is 4. The second kappa shape index (κ2) is 6.17. The summed E-state index contributed by atoms with van der Waals surface area (Å²) in [5.74, 6) is -0.941. The Labute approximate surface area is 128 Å². The van der Waals surface area contributed by atoms with Crippen molar-refractivity contribution >= 4 is 17.9 Å². The van der Waals surface area contributed by atoms with Gasteiger partial charge in [0.1, 0.15) is 0 Å². The third-order valence-corrected chi connectivity index (χ3v) is 4.03. The summed E-state index contributed by atoms with van der Waals surface area (Å²) in [6.45, 7) is 0.366. The molecule has 116 valence electrons. The minimum Gasteiger partial charge on any atom is -0.455 e. The molecule has 6 heteroatoms. The van der Waals surface area contributed by atoms with Gasteiger partial charge < -0.3 is 10.1 Å². The molecule has 0 aromatic heterocycles. The Morgan fingerprint density at radius 1 is 1.23 bits per heavy atom. The first-order chi connectivity index (χ1) is 10.6. The van der Waals surface area contributed by atoms with Gasteiger partial charge in [0, 0.05) is 13.1 Å². The lowest BCUT2D eigenvalue weighted by Crippen LogP contribution is -2.37. The van der Waals surface area contributed by atoms with Crippen LogP contribution in [0.3, 0.4) is 0 Å². The van der Waals surface area contributed by atoms with Crippen LogP contribution in [-0.2, 0) is 33.6 Å². The third-order valence-electron chi connectivity index (χ3n) is 4.03. The van der Waals surface area contributed by atoms with Crippen LogP contribution in [0.1, 0.15) is 23.1 Å². The van der Waals surface area contributed by atoms with Crippen molar-refractivity contribution in [1.29, 1.82) is 0 Å². The number of esters is 1. The van der Waals surface area contributed by atoms with Gasteiger partial charge in [-0.05, 0) is 36.0 Å². The minimum atomic E-state index is -0.489. The van der Waals surface area contributed by atoms with Gasteiger partial charge >= 0.3 is 12.0 Å². The van der Waals surface area contributed by atoms with Crippen molar-refractivity contribution in [2.45, 2.75) is 25.7 Å². The molecule has 1 heterocycles. The molecule has 2 aliphatic rings. The zero-order chi connectivity index (χ0) is 15.5. The fraction of sp³-hybridized carbons (Fsp3) is 0.438. The van der Waals surface area contributed by atoms with Gasteiger partial charge in [0.05, 0.1) is 6.42 Å². The van der Waals surface area contributed by atoms with E-state index < -0.39 is 24.5 Å². The molecule has 1 fully saturated rings. The molecule has 0 spiro atoms. The molecule has 3 amide bonds. The van der Waals surface area contributed by atoms with E-state index in [1.165, 1.54) is 11.1 Å². The molecule has 1 aromatic rings. The fourth-order valence-electron chi connectivity index (χ4n) is 2.88. The van der Waals surface area contributed by atoms with Gasteiger partial charge in [-0.15, -0.1) is 0 Å². The topological polar surface area (TPSA) is 75.7 Å². The van der Waals surface area contributed by atoms with Gasteiger partial charge in [0.2, 0.25) is 0 Å². The number of rotatable bonds is 4. The highest BCUT2D eigenvalue weighted by Crippen LogP contribution is 2.23. The lowest BCUT2D eigenvalue weighted by molar-refractivity contribution is -0.150. The summed E-state index contributed by atoms with van der Waals surface area (Å²) >= 11 is 0. The predicted octanol–water partition coefficient (Wildman–Crippen LogP) is 0.813. The molecule has 0 unspecified atom stereocenters. The van der Waals surface area contributed by atoms with Crippen LogP contribution in [0.25, 0.3) is 0 Å². The number of carbonyl (C=O) groups is 3. The Morgan fingerprint density at radius 3 is 2.82 bits per heavy atom. The second-order valence-electron chi connectivity index (χ2n) is 5.57. The van der Waals surface area contributed by atoms with Crippen LogP contribution >= 0.6 is 0 Å². The molecule has 1 N–H and O–H groups in total. The fourth-order valence-corrected chi connectivity index (χ4v) is 2.88. The highest BCUT2D eigenvalue weighted by atomic mass is 16.5. The van der Waals surface area contributed by atoms with E-state index in [0.717, 1.165) is 29.7 Å². The number of amides is 3. The molecule has 3 rings (SSSR count). The van der Waals surface area contributed by atoms with E-state index in [-0.39, 0.29) is 6.42 Å². The summed E-state index contributed by atoms with van der Waals surface area (Å²) in [5.41, 5.74) is 3.56. The molecular formula is C16H18N2O4. The molecule has 1 saturated heterocycles. The van der Waals surface area contributed by atoms with Crippen LogP contribution in [0.15, 0.2) is 18.2 Å². The van der Waals surface area contributed by atoms with Crippen molar-refractivity contribution in [3.05, 3.63) is 34.9 Å². The number of carbonyl (C=O) groups excluding carboxylic acids is 3. The smallest absolute Gasteiger partial charge is 0.324 e. The maximum atomic E-state index is 11.8. The highest BCUT2D eigenvalue weighted by Gasteiger charge is 2.26. The van der Waals surface area contributed by atoms with Crippen molar-refractivity contribution < 1.29 is 19.1 Å². The van der Waals surface area contributed by atoms with E-state index in [1.54, 1.807) is 0 Å². The van der Waals surface area contributed by atoms with Crippen LogP contribution in [0.2, 0.25) is 0 Å². The van der Waals surface area contributed by atoms with Gasteiger partial charge in [-0.25, -0.2) is 4.79 Å². The van der Waals surface area contributed by atoms with Crippen molar-refractivity contribution in [1.82, 2.24) is 10.2 Å². The summed E-state index contributed by atoms with van der Waals surface area (Å²) in [7, 11) is 0. The SMILES string of the molecule is O=C(Cc1ccc2c(c1)CCC2)OCC(=O)N1CCNC1=O. The van der Waals surface area contributed by atoms with Gasteiger partial charge in [-0.3, -0.25) is 14.5 Å². The Bertz CT molecular complexity index is 627. The van der Waals surface area contributed by atoms with E-state index in [0.29, 0.717) is 13.1 Å². The Hall–Kier alpha value is -2.37. The Morgan fingerprint density at radius 2 is 2.05 bits per heavy atom. The predicted molar refractivity (Wildman–Crippen MR) is 78.2 cm³/mol. The lowest BCUT2D eigenvalue weighted by atomic mass is 10.0. The lowest BCUT2D eigenvalue weighted by Gasteiger charge is -2.12. The minimum absolute atomic E-state index is 0.146. The number of aryl methyl sites for hydroxylation is 2. The van der Waals surface area contributed by atoms with E-state index in [2.05, 4.69) is 11.4 Å². The quantitative estimate of drug-likeness (QED) is 0.835. The van der Waals surface area contributed by atoms with Crippen LogP contribution in [0.5, 0.6) is 0 Å². The average molecular weight is 302 g/mol. The highest BCUT2D eigenvalue weighted by molar-refractivity contribution is 5.97. The van der Waals surface area contributed by atoms with E-state index >= 15 is 0 Å². The molecular weight excluding hydrogens is 284 g/mol. The molecule has 0 bridgehead atoms. The summed E-state index contributed by atoms with van der Waals surface area (Å²) < 4.78 is 4.98. The van der Waals surface area contributed by atoms with Crippen molar-refractivity contribution in [2.24, 2.45) is 0 Å². The Kier molecular flexibility index (Phi) is 4.09. The maximum absolute atomic E-state index is 11.8. The number of fused-ring (bicyclic) bond motifs is 1. The van der Waals surface area contributed by atoms with E-state index in [4.69, 9.17) is 4.74 Å². The molecule has 1 aliphatic heterocycles. The van der Waals surface area contributed by atoms with Gasteiger partial charge in [0.25, 0.3) is 5.91 Å². The second-order valence-corrected chi connectivity index (χ2v) is 5.57. The van der Waals surface area contributed by atoms with Gasteiger partial charge in [-0.2, -0.15) is 0 Å². The largest absolute Gasteiger partial charge is 0.455 e. The molecule has 0 radical (unpaired) electrons. The zero-order valence-corrected chi connectivity index (χ0v) is 12.3.